The summed E-state index contributed by atoms with van der Waals surface area (Å²) in [5.41, 5.74) is 3.31. The Morgan fingerprint density at radius 3 is 2.62 bits per heavy atom. The van der Waals surface area contributed by atoms with E-state index in [-0.39, 0.29) is 11.2 Å². The largest absolute Gasteiger partial charge is 0.284 e. The third kappa shape index (κ3) is 4.10. The fraction of sp³-hybridized carbons (Fsp3) is 0.208. The highest BCUT2D eigenvalue weighted by Crippen LogP contribution is 2.31. The maximum Gasteiger partial charge on any atom is 0.242 e. The molecule has 1 atom stereocenters. The maximum atomic E-state index is 12.8. The Morgan fingerprint density at radius 1 is 1.03 bits per heavy atom. The molecule has 5 heteroatoms. The van der Waals surface area contributed by atoms with Crippen molar-refractivity contribution in [3.05, 3.63) is 83.4 Å². The summed E-state index contributed by atoms with van der Waals surface area (Å²) >= 11 is 1.50. The lowest BCUT2D eigenvalue weighted by molar-refractivity contribution is -0.126. The first-order chi connectivity index (χ1) is 14.2. The number of rotatable bonds is 5. The Kier molecular flexibility index (Phi) is 5.76. The molecule has 1 amide bonds. The number of hydrogen-bond donors (Lipinski definition) is 0. The second-order valence-corrected chi connectivity index (χ2v) is 8.23. The van der Waals surface area contributed by atoms with Gasteiger partial charge < -0.3 is 0 Å². The van der Waals surface area contributed by atoms with E-state index in [4.69, 9.17) is 0 Å². The molecule has 0 radical (unpaired) electrons. The van der Waals surface area contributed by atoms with E-state index < -0.39 is 0 Å². The van der Waals surface area contributed by atoms with Crippen molar-refractivity contribution < 1.29 is 4.79 Å². The quantitative estimate of drug-likeness (QED) is 0.425. The first kappa shape index (κ1) is 19.4. The fourth-order valence-corrected chi connectivity index (χ4v) is 4.48. The van der Waals surface area contributed by atoms with Crippen LogP contribution in [-0.4, -0.2) is 27.4 Å². The third-order valence-electron chi connectivity index (χ3n) is 5.14. The first-order valence-electron chi connectivity index (χ1n) is 9.78. The predicted molar refractivity (Wildman–Crippen MR) is 122 cm³/mol. The number of fused-ring (bicyclic) bond motifs is 1. The summed E-state index contributed by atoms with van der Waals surface area (Å²) in [6, 6.07) is 22.5. The molecular formula is C24H23N3OS. The normalized spacial score (nSPS) is 18.4. The summed E-state index contributed by atoms with van der Waals surface area (Å²) in [5.74, 6) is 0.111. The Bertz CT molecular complexity index is 1100. The lowest BCUT2D eigenvalue weighted by Crippen LogP contribution is -2.31. The minimum atomic E-state index is -0.0921. The summed E-state index contributed by atoms with van der Waals surface area (Å²) in [5, 5.41) is 11.7. The Labute approximate surface area is 175 Å². The van der Waals surface area contributed by atoms with Crippen LogP contribution in [-0.2, 0) is 11.3 Å². The molecular weight excluding hydrogens is 378 g/mol. The van der Waals surface area contributed by atoms with Crippen molar-refractivity contribution in [2.45, 2.75) is 32.1 Å². The van der Waals surface area contributed by atoms with Crippen molar-refractivity contribution in [1.82, 2.24) is 4.90 Å². The summed E-state index contributed by atoms with van der Waals surface area (Å²) in [7, 11) is 0. The van der Waals surface area contributed by atoms with Crippen molar-refractivity contribution in [1.29, 1.82) is 0 Å². The van der Waals surface area contributed by atoms with E-state index in [1.165, 1.54) is 22.7 Å². The van der Waals surface area contributed by atoms with Crippen molar-refractivity contribution in [2.75, 3.05) is 0 Å². The van der Waals surface area contributed by atoms with Gasteiger partial charge in [-0.1, -0.05) is 85.4 Å². The number of amidine groups is 1. The molecule has 1 aliphatic heterocycles. The molecule has 0 saturated carbocycles. The van der Waals surface area contributed by atoms with Gasteiger partial charge in [0.05, 0.1) is 18.0 Å². The minimum absolute atomic E-state index is 0.0921. The number of hydrogen-bond acceptors (Lipinski definition) is 4. The van der Waals surface area contributed by atoms with Gasteiger partial charge in [-0.05, 0) is 35.2 Å². The highest BCUT2D eigenvalue weighted by molar-refractivity contribution is 8.15. The van der Waals surface area contributed by atoms with Crippen LogP contribution in [0.2, 0.25) is 0 Å². The van der Waals surface area contributed by atoms with Crippen LogP contribution in [0.3, 0.4) is 0 Å². The van der Waals surface area contributed by atoms with Gasteiger partial charge in [0.1, 0.15) is 0 Å². The molecule has 1 aliphatic rings. The number of nitrogens with zero attached hydrogens (tertiary/aromatic N) is 3. The molecule has 0 N–H and O–H groups in total. The molecule has 3 aromatic carbocycles. The number of amides is 1. The van der Waals surface area contributed by atoms with Crippen molar-refractivity contribution in [2.24, 2.45) is 10.2 Å². The van der Waals surface area contributed by atoms with Gasteiger partial charge in [-0.2, -0.15) is 5.10 Å². The van der Waals surface area contributed by atoms with Gasteiger partial charge in [-0.3, -0.25) is 9.69 Å². The maximum absolute atomic E-state index is 12.8. The SMILES string of the molecule is CC[C@@H]1S/C(=N/N=C\c2cccc3ccccc23)N(Cc2ccccc2C)C1=O. The average molecular weight is 402 g/mol. The van der Waals surface area contributed by atoms with Crippen LogP contribution in [0.4, 0.5) is 0 Å². The number of aryl methyl sites for hydroxylation is 1. The van der Waals surface area contributed by atoms with E-state index in [2.05, 4.69) is 47.5 Å². The lowest BCUT2D eigenvalue weighted by atomic mass is 10.1. The second-order valence-electron chi connectivity index (χ2n) is 7.06. The molecule has 1 fully saturated rings. The highest BCUT2D eigenvalue weighted by Gasteiger charge is 2.37. The van der Waals surface area contributed by atoms with Crippen LogP contribution in [0.25, 0.3) is 10.8 Å². The molecule has 0 spiro atoms. The molecule has 0 aliphatic carbocycles. The molecule has 1 heterocycles. The van der Waals surface area contributed by atoms with Gasteiger partial charge in [0, 0.05) is 5.56 Å². The third-order valence-corrected chi connectivity index (χ3v) is 6.48. The summed E-state index contributed by atoms with van der Waals surface area (Å²) in [6.07, 6.45) is 2.55. The van der Waals surface area contributed by atoms with E-state index in [1.54, 1.807) is 11.1 Å². The predicted octanol–water partition coefficient (Wildman–Crippen LogP) is 5.39. The van der Waals surface area contributed by atoms with E-state index in [9.17, 15) is 4.79 Å². The zero-order chi connectivity index (χ0) is 20.2. The molecule has 29 heavy (non-hydrogen) atoms. The zero-order valence-corrected chi connectivity index (χ0v) is 17.4. The lowest BCUT2D eigenvalue weighted by Gasteiger charge is -2.17. The summed E-state index contributed by atoms with van der Waals surface area (Å²) in [6.45, 7) is 4.62. The Hall–Kier alpha value is -2.92. The molecule has 0 unspecified atom stereocenters. The van der Waals surface area contributed by atoms with Crippen LogP contribution in [0.5, 0.6) is 0 Å². The van der Waals surface area contributed by atoms with Crippen molar-refractivity contribution in [3.63, 3.8) is 0 Å². The van der Waals surface area contributed by atoms with E-state index in [1.807, 2.05) is 43.3 Å². The number of thioether (sulfide) groups is 1. The number of benzene rings is 3. The van der Waals surface area contributed by atoms with Gasteiger partial charge in [0.25, 0.3) is 0 Å². The topological polar surface area (TPSA) is 45.0 Å². The number of carbonyl (C=O) groups excluding carboxylic acids is 1. The minimum Gasteiger partial charge on any atom is -0.284 e. The highest BCUT2D eigenvalue weighted by atomic mass is 32.2. The number of carbonyl (C=O) groups is 1. The summed E-state index contributed by atoms with van der Waals surface area (Å²) in [4.78, 5) is 14.6. The second kappa shape index (κ2) is 8.62. The van der Waals surface area contributed by atoms with Crippen LogP contribution in [0, 0.1) is 6.92 Å². The van der Waals surface area contributed by atoms with Crippen LogP contribution in [0.1, 0.15) is 30.0 Å². The Balaban J connectivity index is 1.62. The molecule has 0 aromatic heterocycles. The fourth-order valence-electron chi connectivity index (χ4n) is 3.45. The standard InChI is InChI=1S/C24H23N3OS/c1-3-22-23(28)27(16-20-11-5-4-9-17(20)2)24(29-22)26-25-15-19-13-8-12-18-10-6-7-14-21(18)19/h4-15,22H,3,16H2,1-2H3/b25-15-,26-24+/t22-/m0/s1. The van der Waals surface area contributed by atoms with Gasteiger partial charge >= 0.3 is 0 Å². The van der Waals surface area contributed by atoms with Gasteiger partial charge in [-0.15, -0.1) is 5.10 Å². The Morgan fingerprint density at radius 2 is 1.79 bits per heavy atom. The molecule has 1 saturated heterocycles. The zero-order valence-electron chi connectivity index (χ0n) is 16.6. The van der Waals surface area contributed by atoms with Crippen molar-refractivity contribution in [3.8, 4) is 0 Å². The van der Waals surface area contributed by atoms with Crippen LogP contribution < -0.4 is 0 Å². The average Bonchev–Trinajstić information content (AvgIpc) is 3.04. The van der Waals surface area contributed by atoms with E-state index >= 15 is 0 Å². The van der Waals surface area contributed by atoms with E-state index in [0.717, 1.165) is 22.9 Å². The van der Waals surface area contributed by atoms with Crippen molar-refractivity contribution >= 4 is 39.8 Å². The van der Waals surface area contributed by atoms with E-state index in [0.29, 0.717) is 11.7 Å². The smallest absolute Gasteiger partial charge is 0.242 e. The summed E-state index contributed by atoms with van der Waals surface area (Å²) < 4.78 is 0. The molecule has 4 rings (SSSR count). The molecule has 3 aromatic rings. The van der Waals surface area contributed by atoms with Gasteiger partial charge in [0.15, 0.2) is 5.17 Å². The molecule has 146 valence electrons. The van der Waals surface area contributed by atoms with Gasteiger partial charge in [-0.25, -0.2) is 0 Å². The molecule has 4 nitrogen and oxygen atoms in total. The first-order valence-corrected chi connectivity index (χ1v) is 10.7. The van der Waals surface area contributed by atoms with Crippen LogP contribution >= 0.6 is 11.8 Å². The molecule has 0 bridgehead atoms. The monoisotopic (exact) mass is 401 g/mol. The van der Waals surface area contributed by atoms with Gasteiger partial charge in [0.2, 0.25) is 5.91 Å². The van der Waals surface area contributed by atoms with Crippen LogP contribution in [0.15, 0.2) is 76.9 Å².